The number of esters is 4. The van der Waals surface area contributed by atoms with E-state index in [1.807, 2.05) is 27.7 Å². The van der Waals surface area contributed by atoms with Gasteiger partial charge in [-0.2, -0.15) is 0 Å². The van der Waals surface area contributed by atoms with Crippen LogP contribution < -0.4 is 0 Å². The molecule has 0 amide bonds. The number of carbonyl (C=O) groups is 4. The standard InChI is InChI=1S/C22H18O6/c1-9(2)11-5-15-17-7-13(11)14-8-18(22(26)28-21(17)25)16(6-12(14)10(3)4)20(24)27-19(15)23/h5-10H,1-4H3. The van der Waals surface area contributed by atoms with Crippen LogP contribution in [0.15, 0.2) is 24.3 Å². The van der Waals surface area contributed by atoms with Crippen LogP contribution in [0.3, 0.4) is 0 Å². The van der Waals surface area contributed by atoms with Crippen molar-refractivity contribution in [2.75, 3.05) is 0 Å². The molecule has 4 rings (SSSR count). The quantitative estimate of drug-likeness (QED) is 0.574. The summed E-state index contributed by atoms with van der Waals surface area (Å²) in [5.41, 5.74) is 2.74. The highest BCUT2D eigenvalue weighted by molar-refractivity contribution is 6.17. The molecule has 2 aliphatic heterocycles. The zero-order chi connectivity index (χ0) is 20.3. The topological polar surface area (TPSA) is 86.7 Å². The molecule has 2 heterocycles. The van der Waals surface area contributed by atoms with Gasteiger partial charge in [0.25, 0.3) is 0 Å². The molecule has 0 aromatic heterocycles. The van der Waals surface area contributed by atoms with Gasteiger partial charge in [0.05, 0.1) is 22.3 Å². The summed E-state index contributed by atoms with van der Waals surface area (Å²) in [5, 5.41) is 0. The van der Waals surface area contributed by atoms with E-state index in [-0.39, 0.29) is 34.1 Å². The summed E-state index contributed by atoms with van der Waals surface area (Å²) in [7, 11) is 0. The largest absolute Gasteiger partial charge is 0.386 e. The normalized spacial score (nSPS) is 15.2. The Hall–Kier alpha value is -3.28. The first-order valence-corrected chi connectivity index (χ1v) is 9.08. The van der Waals surface area contributed by atoms with E-state index in [0.29, 0.717) is 0 Å². The molecule has 6 heteroatoms. The number of hydrogen-bond donors (Lipinski definition) is 0. The average Bonchev–Trinajstić information content (AvgIpc) is 2.66. The van der Waals surface area contributed by atoms with E-state index < -0.39 is 23.9 Å². The zero-order valence-electron chi connectivity index (χ0n) is 15.9. The van der Waals surface area contributed by atoms with E-state index in [2.05, 4.69) is 0 Å². The molecule has 2 aliphatic rings. The van der Waals surface area contributed by atoms with Crippen molar-refractivity contribution in [1.29, 1.82) is 0 Å². The summed E-state index contributed by atoms with van der Waals surface area (Å²) in [6.07, 6.45) is 0. The van der Waals surface area contributed by atoms with Gasteiger partial charge in [-0.25, -0.2) is 19.2 Å². The number of ether oxygens (including phenoxy) is 2. The number of benzene rings is 2. The summed E-state index contributed by atoms with van der Waals surface area (Å²) in [6, 6.07) is 6.24. The Kier molecular flexibility index (Phi) is 3.96. The molecule has 0 aliphatic carbocycles. The summed E-state index contributed by atoms with van der Waals surface area (Å²) >= 11 is 0. The van der Waals surface area contributed by atoms with Crippen LogP contribution in [0, 0.1) is 0 Å². The first-order chi connectivity index (χ1) is 13.2. The minimum absolute atomic E-state index is 0.0164. The third kappa shape index (κ3) is 2.56. The molecule has 0 atom stereocenters. The van der Waals surface area contributed by atoms with E-state index in [1.165, 1.54) is 0 Å². The fourth-order valence-corrected chi connectivity index (χ4v) is 3.72. The van der Waals surface area contributed by atoms with Crippen LogP contribution in [0.4, 0.5) is 0 Å². The Balaban J connectivity index is 2.26. The molecule has 0 fully saturated rings. The third-order valence-electron chi connectivity index (χ3n) is 5.16. The molecule has 142 valence electrons. The summed E-state index contributed by atoms with van der Waals surface area (Å²) < 4.78 is 9.99. The maximum absolute atomic E-state index is 12.7. The Morgan fingerprint density at radius 3 is 1.07 bits per heavy atom. The Bertz CT molecular complexity index is 1010. The van der Waals surface area contributed by atoms with E-state index in [9.17, 15) is 19.2 Å². The molecule has 0 saturated carbocycles. The van der Waals surface area contributed by atoms with Crippen LogP contribution >= 0.6 is 0 Å². The van der Waals surface area contributed by atoms with Gasteiger partial charge in [0.1, 0.15) is 0 Å². The number of fused-ring (bicyclic) bond motifs is 5. The second-order valence-electron chi connectivity index (χ2n) is 7.63. The molecule has 2 aromatic carbocycles. The van der Waals surface area contributed by atoms with Gasteiger partial charge in [0.2, 0.25) is 0 Å². The number of hydrogen-bond acceptors (Lipinski definition) is 6. The van der Waals surface area contributed by atoms with Gasteiger partial charge in [-0.1, -0.05) is 27.7 Å². The van der Waals surface area contributed by atoms with Crippen molar-refractivity contribution in [1.82, 2.24) is 0 Å². The summed E-state index contributed by atoms with van der Waals surface area (Å²) in [6.45, 7) is 7.86. The maximum Gasteiger partial charge on any atom is 0.346 e. The highest BCUT2D eigenvalue weighted by Crippen LogP contribution is 2.40. The lowest BCUT2D eigenvalue weighted by molar-refractivity contribution is 0.0334. The summed E-state index contributed by atoms with van der Waals surface area (Å²) in [5.74, 6) is -3.74. The monoisotopic (exact) mass is 378 g/mol. The van der Waals surface area contributed by atoms with Crippen molar-refractivity contribution in [3.8, 4) is 11.1 Å². The number of carbonyl (C=O) groups excluding carboxylic acids is 4. The predicted molar refractivity (Wildman–Crippen MR) is 99.5 cm³/mol. The van der Waals surface area contributed by atoms with Gasteiger partial charge in [-0.3, -0.25) is 0 Å². The van der Waals surface area contributed by atoms with Crippen molar-refractivity contribution in [3.63, 3.8) is 0 Å². The first-order valence-electron chi connectivity index (χ1n) is 9.08. The van der Waals surface area contributed by atoms with Crippen LogP contribution in [-0.2, 0) is 9.47 Å². The van der Waals surface area contributed by atoms with Gasteiger partial charge < -0.3 is 9.47 Å². The van der Waals surface area contributed by atoms with Crippen molar-refractivity contribution in [2.24, 2.45) is 0 Å². The second kappa shape index (κ2) is 6.12. The minimum atomic E-state index is -0.943. The lowest BCUT2D eigenvalue weighted by atomic mass is 9.83. The average molecular weight is 378 g/mol. The molecule has 0 spiro atoms. The van der Waals surface area contributed by atoms with Crippen LogP contribution in [0.5, 0.6) is 0 Å². The lowest BCUT2D eigenvalue weighted by Gasteiger charge is -2.19. The third-order valence-corrected chi connectivity index (χ3v) is 5.16. The molecular weight excluding hydrogens is 360 g/mol. The smallest absolute Gasteiger partial charge is 0.346 e. The van der Waals surface area contributed by atoms with Gasteiger partial charge in [-0.05, 0) is 58.4 Å². The Labute approximate surface area is 161 Å². The van der Waals surface area contributed by atoms with Gasteiger partial charge in [0.15, 0.2) is 0 Å². The first kappa shape index (κ1) is 18.1. The van der Waals surface area contributed by atoms with E-state index >= 15 is 0 Å². The lowest BCUT2D eigenvalue weighted by Crippen LogP contribution is -2.23. The molecule has 4 bridgehead atoms. The van der Waals surface area contributed by atoms with Crippen LogP contribution in [-0.4, -0.2) is 23.9 Å². The summed E-state index contributed by atoms with van der Waals surface area (Å²) in [4.78, 5) is 50.6. The molecule has 0 unspecified atom stereocenters. The molecular formula is C22H18O6. The van der Waals surface area contributed by atoms with Crippen LogP contribution in [0.25, 0.3) is 11.1 Å². The Morgan fingerprint density at radius 1 is 0.500 bits per heavy atom. The maximum atomic E-state index is 12.7. The zero-order valence-corrected chi connectivity index (χ0v) is 15.9. The Morgan fingerprint density at radius 2 is 0.786 bits per heavy atom. The minimum Gasteiger partial charge on any atom is -0.386 e. The van der Waals surface area contributed by atoms with Crippen molar-refractivity contribution in [3.05, 3.63) is 57.6 Å². The molecule has 0 N–H and O–H groups in total. The van der Waals surface area contributed by atoms with Crippen molar-refractivity contribution < 1.29 is 28.7 Å². The van der Waals surface area contributed by atoms with E-state index in [0.717, 1.165) is 22.3 Å². The van der Waals surface area contributed by atoms with Gasteiger partial charge >= 0.3 is 23.9 Å². The molecule has 2 aromatic rings. The molecule has 28 heavy (non-hydrogen) atoms. The molecule has 6 nitrogen and oxygen atoms in total. The highest BCUT2D eigenvalue weighted by Gasteiger charge is 2.34. The van der Waals surface area contributed by atoms with E-state index in [4.69, 9.17) is 9.47 Å². The SMILES string of the molecule is CC(C)c1cc2c3cc1-c1cc(c(cc1C(C)C)C(=O)OC2=O)C(=O)OC3=O. The van der Waals surface area contributed by atoms with E-state index in [1.54, 1.807) is 24.3 Å². The molecule has 0 saturated heterocycles. The highest BCUT2D eigenvalue weighted by atomic mass is 16.6. The molecule has 0 radical (unpaired) electrons. The van der Waals surface area contributed by atoms with Crippen LogP contribution in [0.2, 0.25) is 0 Å². The van der Waals surface area contributed by atoms with Crippen molar-refractivity contribution >= 4 is 23.9 Å². The number of rotatable bonds is 2. The van der Waals surface area contributed by atoms with Crippen molar-refractivity contribution in [2.45, 2.75) is 39.5 Å². The fraction of sp³-hybridized carbons (Fsp3) is 0.273. The van der Waals surface area contributed by atoms with Gasteiger partial charge in [0, 0.05) is 0 Å². The van der Waals surface area contributed by atoms with Crippen LogP contribution in [0.1, 0.15) is 92.1 Å². The van der Waals surface area contributed by atoms with Gasteiger partial charge in [-0.15, -0.1) is 0 Å². The number of cyclic esters (lactones) is 2. The predicted octanol–water partition coefficient (Wildman–Crippen LogP) is 4.22. The second-order valence-corrected chi connectivity index (χ2v) is 7.63. The fourth-order valence-electron chi connectivity index (χ4n) is 3.72.